The minimum atomic E-state index is -1.96. The second-order valence-electron chi connectivity index (χ2n) is 10.1. The monoisotopic (exact) mass is 402 g/mol. The van der Waals surface area contributed by atoms with Crippen molar-refractivity contribution in [2.45, 2.75) is 103 Å². The Bertz CT molecular complexity index is 542. The molecule has 1 N–H and O–H groups in total. The number of aliphatic hydroxyl groups is 1. The predicted octanol–water partition coefficient (Wildman–Crippen LogP) is 3.79. The van der Waals surface area contributed by atoms with Crippen molar-refractivity contribution < 1.29 is 28.5 Å². The smallest absolute Gasteiger partial charge is 0.331 e. The highest BCUT2D eigenvalue weighted by Crippen LogP contribution is 2.38. The minimum absolute atomic E-state index is 0.0761. The zero-order chi connectivity index (χ0) is 21.3. The standard InChI is InChI=1S/C20H38O6Si/c1-18(2,3)25-16(22)12-11-14(21)17-15(24-20(7,8)26-17)13-23-27(9,10)19(4,5)6/h11-12,14-15,17,21H,13H2,1-10H3/b12-11+/t14-,15+,17-/m0/s1. The van der Waals surface area contributed by atoms with Crippen molar-refractivity contribution in [1.29, 1.82) is 0 Å². The van der Waals surface area contributed by atoms with Crippen LogP contribution in [0, 0.1) is 0 Å². The third-order valence-electron chi connectivity index (χ3n) is 4.81. The van der Waals surface area contributed by atoms with Crippen LogP contribution in [0.15, 0.2) is 12.2 Å². The average molecular weight is 403 g/mol. The molecule has 1 saturated heterocycles. The van der Waals surface area contributed by atoms with Gasteiger partial charge in [-0.05, 0) is 58.8 Å². The van der Waals surface area contributed by atoms with Gasteiger partial charge in [0.05, 0.1) is 6.61 Å². The lowest BCUT2D eigenvalue weighted by Gasteiger charge is -2.37. The molecule has 0 radical (unpaired) electrons. The number of rotatable bonds is 6. The number of hydrogen-bond donors (Lipinski definition) is 1. The van der Waals surface area contributed by atoms with Crippen molar-refractivity contribution in [3.8, 4) is 0 Å². The quantitative estimate of drug-likeness (QED) is 0.414. The molecule has 0 unspecified atom stereocenters. The van der Waals surface area contributed by atoms with E-state index in [1.807, 2.05) is 0 Å². The SMILES string of the molecule is CC(C)(C)OC(=O)/C=C/[C@H](O)[C@@H]1OC(C)(C)O[C@@H]1CO[Si](C)(C)C(C)(C)C. The summed E-state index contributed by atoms with van der Waals surface area (Å²) in [4.78, 5) is 11.8. The molecule has 1 fully saturated rings. The maximum atomic E-state index is 11.8. The molecule has 6 nitrogen and oxygen atoms in total. The van der Waals surface area contributed by atoms with Crippen LogP contribution < -0.4 is 0 Å². The molecule has 0 saturated carbocycles. The third-order valence-corrected chi connectivity index (χ3v) is 9.31. The van der Waals surface area contributed by atoms with Crippen LogP contribution in [0.1, 0.15) is 55.4 Å². The highest BCUT2D eigenvalue weighted by Gasteiger charge is 2.46. The Kier molecular flexibility index (Phi) is 7.50. The summed E-state index contributed by atoms with van der Waals surface area (Å²) in [5, 5.41) is 10.6. The van der Waals surface area contributed by atoms with Crippen molar-refractivity contribution in [1.82, 2.24) is 0 Å². The molecule has 7 heteroatoms. The van der Waals surface area contributed by atoms with E-state index >= 15 is 0 Å². The number of carbonyl (C=O) groups excluding carboxylic acids is 1. The maximum Gasteiger partial charge on any atom is 0.331 e. The fourth-order valence-corrected chi connectivity index (χ4v) is 3.42. The molecule has 0 spiro atoms. The lowest BCUT2D eigenvalue weighted by molar-refractivity contribution is -0.154. The Morgan fingerprint density at radius 1 is 1.19 bits per heavy atom. The second-order valence-corrected chi connectivity index (χ2v) is 14.9. The van der Waals surface area contributed by atoms with Gasteiger partial charge in [-0.25, -0.2) is 4.79 Å². The van der Waals surface area contributed by atoms with Crippen LogP contribution in [0.25, 0.3) is 0 Å². The summed E-state index contributed by atoms with van der Waals surface area (Å²) in [6.07, 6.45) is 0.572. The van der Waals surface area contributed by atoms with Crippen LogP contribution in [-0.2, 0) is 23.4 Å². The largest absolute Gasteiger partial charge is 0.457 e. The van der Waals surface area contributed by atoms with Gasteiger partial charge in [0, 0.05) is 6.08 Å². The second kappa shape index (κ2) is 8.33. The Morgan fingerprint density at radius 3 is 2.22 bits per heavy atom. The van der Waals surface area contributed by atoms with Crippen molar-refractivity contribution in [3.05, 3.63) is 12.2 Å². The van der Waals surface area contributed by atoms with E-state index in [1.165, 1.54) is 12.2 Å². The van der Waals surface area contributed by atoms with Gasteiger partial charge in [0.25, 0.3) is 0 Å². The van der Waals surface area contributed by atoms with Gasteiger partial charge in [-0.1, -0.05) is 20.8 Å². The molecule has 27 heavy (non-hydrogen) atoms. The normalized spacial score (nSPS) is 25.0. The van der Waals surface area contributed by atoms with Gasteiger partial charge in [0.2, 0.25) is 0 Å². The van der Waals surface area contributed by atoms with E-state index in [0.717, 1.165) is 0 Å². The Hall–Kier alpha value is -0.733. The highest BCUT2D eigenvalue weighted by atomic mass is 28.4. The molecular formula is C20H38O6Si. The molecule has 0 aromatic rings. The number of hydrogen-bond acceptors (Lipinski definition) is 6. The van der Waals surface area contributed by atoms with E-state index in [-0.39, 0.29) is 5.04 Å². The van der Waals surface area contributed by atoms with E-state index in [9.17, 15) is 9.90 Å². The first-order valence-electron chi connectivity index (χ1n) is 9.52. The fourth-order valence-electron chi connectivity index (χ4n) is 2.41. The van der Waals surface area contributed by atoms with Gasteiger partial charge < -0.3 is 23.7 Å². The molecule has 3 atom stereocenters. The zero-order valence-electron chi connectivity index (χ0n) is 18.6. The van der Waals surface area contributed by atoms with Crippen LogP contribution in [-0.4, -0.2) is 55.7 Å². The fraction of sp³-hybridized carbons (Fsp3) is 0.850. The third kappa shape index (κ3) is 7.66. The van der Waals surface area contributed by atoms with Crippen LogP contribution in [0.2, 0.25) is 18.1 Å². The lowest BCUT2D eigenvalue weighted by atomic mass is 10.1. The average Bonchev–Trinajstić information content (AvgIpc) is 2.75. The van der Waals surface area contributed by atoms with Crippen molar-refractivity contribution in [2.75, 3.05) is 6.61 Å². The van der Waals surface area contributed by atoms with Crippen LogP contribution in [0.3, 0.4) is 0 Å². The van der Waals surface area contributed by atoms with E-state index in [0.29, 0.717) is 6.61 Å². The number of aliphatic hydroxyl groups excluding tert-OH is 1. The van der Waals surface area contributed by atoms with Crippen LogP contribution >= 0.6 is 0 Å². The first kappa shape index (κ1) is 24.3. The number of ether oxygens (including phenoxy) is 3. The molecule has 1 rings (SSSR count). The van der Waals surface area contributed by atoms with Gasteiger partial charge in [0.15, 0.2) is 14.1 Å². The van der Waals surface area contributed by atoms with Crippen molar-refractivity contribution >= 4 is 14.3 Å². The van der Waals surface area contributed by atoms with Gasteiger partial charge in [0.1, 0.15) is 23.9 Å². The highest BCUT2D eigenvalue weighted by molar-refractivity contribution is 6.74. The van der Waals surface area contributed by atoms with Crippen LogP contribution in [0.5, 0.6) is 0 Å². The number of carbonyl (C=O) groups is 1. The Labute approximate surface area is 165 Å². The van der Waals surface area contributed by atoms with Crippen molar-refractivity contribution in [3.63, 3.8) is 0 Å². The first-order valence-corrected chi connectivity index (χ1v) is 12.4. The van der Waals surface area contributed by atoms with Gasteiger partial charge in [-0.2, -0.15) is 0 Å². The van der Waals surface area contributed by atoms with Gasteiger partial charge in [-0.15, -0.1) is 0 Å². The van der Waals surface area contributed by atoms with E-state index in [4.69, 9.17) is 18.6 Å². The van der Waals surface area contributed by atoms with E-state index < -0.39 is 44.0 Å². The molecule has 0 bridgehead atoms. The predicted molar refractivity (Wildman–Crippen MR) is 108 cm³/mol. The molecule has 1 aliphatic rings. The molecule has 1 aliphatic heterocycles. The summed E-state index contributed by atoms with van der Waals surface area (Å²) >= 11 is 0. The Balaban J connectivity index is 2.79. The molecular weight excluding hydrogens is 364 g/mol. The van der Waals surface area contributed by atoms with Crippen molar-refractivity contribution in [2.24, 2.45) is 0 Å². The molecule has 0 amide bonds. The molecule has 0 aliphatic carbocycles. The summed E-state index contributed by atoms with van der Waals surface area (Å²) in [6.45, 7) is 20.2. The topological polar surface area (TPSA) is 74.2 Å². The van der Waals surface area contributed by atoms with E-state index in [1.54, 1.807) is 34.6 Å². The molecule has 0 aromatic heterocycles. The first-order chi connectivity index (χ1) is 11.9. The number of esters is 1. The minimum Gasteiger partial charge on any atom is -0.457 e. The summed E-state index contributed by atoms with van der Waals surface area (Å²) in [7, 11) is -1.96. The lowest BCUT2D eigenvalue weighted by Crippen LogP contribution is -2.45. The summed E-state index contributed by atoms with van der Waals surface area (Å²) in [5.74, 6) is -1.33. The molecule has 1 heterocycles. The van der Waals surface area contributed by atoms with Gasteiger partial charge in [-0.3, -0.25) is 0 Å². The Morgan fingerprint density at radius 2 is 1.74 bits per heavy atom. The molecule has 158 valence electrons. The van der Waals surface area contributed by atoms with Crippen LogP contribution in [0.4, 0.5) is 0 Å². The zero-order valence-corrected chi connectivity index (χ0v) is 19.6. The summed E-state index contributed by atoms with van der Waals surface area (Å²) in [6, 6.07) is 0. The van der Waals surface area contributed by atoms with E-state index in [2.05, 4.69) is 33.9 Å². The molecule has 0 aromatic carbocycles. The summed E-state index contributed by atoms with van der Waals surface area (Å²) < 4.78 is 23.3. The maximum absolute atomic E-state index is 11.8. The van der Waals surface area contributed by atoms with Gasteiger partial charge >= 0.3 is 5.97 Å². The summed E-state index contributed by atoms with van der Waals surface area (Å²) in [5.41, 5.74) is -0.582.